The van der Waals surface area contributed by atoms with Crippen LogP contribution in [0.3, 0.4) is 0 Å². The molecule has 4 heterocycles. The third-order valence-corrected chi connectivity index (χ3v) is 7.06. The van der Waals surface area contributed by atoms with Crippen molar-refractivity contribution in [3.8, 4) is 17.0 Å². The number of benzene rings is 1. The molecule has 1 atom stereocenters. The zero-order valence-corrected chi connectivity index (χ0v) is 22.8. The number of amides is 1. The Bertz CT molecular complexity index is 1550. The van der Waals surface area contributed by atoms with E-state index in [1.807, 2.05) is 37.4 Å². The van der Waals surface area contributed by atoms with Crippen LogP contribution >= 0.6 is 11.6 Å². The Labute approximate surface area is 231 Å². The summed E-state index contributed by atoms with van der Waals surface area (Å²) in [7, 11) is 3.22. The van der Waals surface area contributed by atoms with E-state index in [1.165, 1.54) is 0 Å². The van der Waals surface area contributed by atoms with Gasteiger partial charge < -0.3 is 25.4 Å². The van der Waals surface area contributed by atoms with Crippen molar-refractivity contribution in [1.82, 2.24) is 19.5 Å². The Morgan fingerprint density at radius 3 is 2.82 bits per heavy atom. The monoisotopic (exact) mass is 547 g/mol. The highest BCUT2D eigenvalue weighted by atomic mass is 35.5. The number of fused-ring (bicyclic) bond motifs is 1. The number of rotatable bonds is 9. The molecule has 1 aliphatic rings. The molecule has 1 amide bonds. The van der Waals surface area contributed by atoms with Crippen molar-refractivity contribution in [3.05, 3.63) is 71.1 Å². The Balaban J connectivity index is 1.58. The topological polar surface area (TPSA) is 119 Å². The van der Waals surface area contributed by atoms with Gasteiger partial charge in [0.2, 0.25) is 11.8 Å². The first-order valence-corrected chi connectivity index (χ1v) is 12.9. The van der Waals surface area contributed by atoms with Gasteiger partial charge in [0, 0.05) is 56.2 Å². The minimum Gasteiger partial charge on any atom is -0.481 e. The lowest BCUT2D eigenvalue weighted by Gasteiger charge is -2.19. The summed E-state index contributed by atoms with van der Waals surface area (Å²) in [5.41, 5.74) is 12.1. The number of nitrogens with one attached hydrogen (secondary N) is 1. The molecule has 1 saturated heterocycles. The number of hydrogen-bond acceptors (Lipinski definition) is 7. The van der Waals surface area contributed by atoms with Crippen LogP contribution in [0.25, 0.3) is 16.6 Å². The van der Waals surface area contributed by atoms with Crippen LogP contribution in [0.15, 0.2) is 60.0 Å². The molecule has 4 aromatic rings. The zero-order valence-electron chi connectivity index (χ0n) is 22.0. The highest BCUT2D eigenvalue weighted by Crippen LogP contribution is 2.33. The van der Waals surface area contributed by atoms with Gasteiger partial charge in [-0.1, -0.05) is 23.7 Å². The quantitative estimate of drug-likeness (QED) is 0.239. The molecule has 1 unspecified atom stereocenters. The predicted molar refractivity (Wildman–Crippen MR) is 152 cm³/mol. The van der Waals surface area contributed by atoms with Crippen LogP contribution in [0, 0.1) is 6.92 Å². The van der Waals surface area contributed by atoms with Crippen LogP contribution in [0.4, 0.5) is 11.4 Å². The molecule has 0 aliphatic carbocycles. The van der Waals surface area contributed by atoms with Crippen LogP contribution in [0.2, 0.25) is 5.02 Å². The number of ether oxygens (including phenoxy) is 2. The van der Waals surface area contributed by atoms with Crippen LogP contribution < -0.4 is 15.8 Å². The number of aliphatic imine (C=N–C) groups is 1. The fraction of sp³-hybridized carbons (Fsp3) is 0.286. The highest BCUT2D eigenvalue weighted by Gasteiger charge is 2.30. The van der Waals surface area contributed by atoms with Crippen LogP contribution in [0.5, 0.6) is 5.88 Å². The molecule has 202 valence electrons. The summed E-state index contributed by atoms with van der Waals surface area (Å²) in [5, 5.41) is 8.69. The molecule has 11 heteroatoms. The van der Waals surface area contributed by atoms with Crippen molar-refractivity contribution in [2.24, 2.45) is 10.7 Å². The van der Waals surface area contributed by atoms with E-state index in [0.717, 1.165) is 27.9 Å². The number of halogens is 1. The minimum absolute atomic E-state index is 0.0740. The second-order valence-electron chi connectivity index (χ2n) is 9.36. The smallest absolute Gasteiger partial charge is 0.224 e. The van der Waals surface area contributed by atoms with Gasteiger partial charge in [-0.15, -0.1) is 0 Å². The Kier molecular flexibility index (Phi) is 7.67. The second kappa shape index (κ2) is 11.3. The van der Waals surface area contributed by atoms with E-state index < -0.39 is 0 Å². The van der Waals surface area contributed by atoms with E-state index in [-0.39, 0.29) is 17.8 Å². The molecule has 39 heavy (non-hydrogen) atoms. The average molecular weight is 548 g/mol. The van der Waals surface area contributed by atoms with Gasteiger partial charge in [0.25, 0.3) is 0 Å². The molecule has 3 aromatic heterocycles. The Morgan fingerprint density at radius 1 is 1.26 bits per heavy atom. The summed E-state index contributed by atoms with van der Waals surface area (Å²) >= 11 is 6.34. The van der Waals surface area contributed by atoms with E-state index in [1.54, 1.807) is 48.2 Å². The maximum absolute atomic E-state index is 12.7. The lowest BCUT2D eigenvalue weighted by molar-refractivity contribution is -0.128. The van der Waals surface area contributed by atoms with E-state index in [4.69, 9.17) is 26.8 Å². The summed E-state index contributed by atoms with van der Waals surface area (Å²) in [5.74, 6) is 0.881. The standard InChI is InChI=1S/C28H30ClN7O3/c1-17-10-25(39-3)31-13-20(17)18-11-24-27(33-19-12-26(37)35(16-19)8-9-38-2)21(14-32-36(24)15-18)28(30)34-23-7-5-4-6-22(23)29/h4-7,10-11,13-15,19,33H,8-9,12,16H2,1-3H3,(H2,30,34). The predicted octanol–water partition coefficient (Wildman–Crippen LogP) is 4.06. The van der Waals surface area contributed by atoms with Gasteiger partial charge in [-0.25, -0.2) is 14.5 Å². The maximum atomic E-state index is 12.7. The van der Waals surface area contributed by atoms with Crippen molar-refractivity contribution in [2.75, 3.05) is 39.2 Å². The number of pyridine rings is 1. The maximum Gasteiger partial charge on any atom is 0.224 e. The van der Waals surface area contributed by atoms with E-state index >= 15 is 0 Å². The molecule has 0 radical (unpaired) electrons. The van der Waals surface area contributed by atoms with Crippen molar-refractivity contribution in [2.45, 2.75) is 19.4 Å². The number of carbonyl (C=O) groups excluding carboxylic acids is 1. The summed E-state index contributed by atoms with van der Waals surface area (Å²) in [4.78, 5) is 23.4. The molecule has 5 rings (SSSR count). The number of anilines is 1. The second-order valence-corrected chi connectivity index (χ2v) is 9.77. The number of carbonyl (C=O) groups is 1. The normalized spacial score (nSPS) is 15.8. The highest BCUT2D eigenvalue weighted by molar-refractivity contribution is 6.33. The minimum atomic E-state index is -0.129. The lowest BCUT2D eigenvalue weighted by Crippen LogP contribution is -2.31. The fourth-order valence-corrected chi connectivity index (χ4v) is 4.89. The molecule has 1 aromatic carbocycles. The third-order valence-electron chi connectivity index (χ3n) is 6.74. The Morgan fingerprint density at radius 2 is 2.08 bits per heavy atom. The fourth-order valence-electron chi connectivity index (χ4n) is 4.72. The summed E-state index contributed by atoms with van der Waals surface area (Å²) in [6.07, 6.45) is 5.75. The zero-order chi connectivity index (χ0) is 27.5. The molecule has 0 saturated carbocycles. The van der Waals surface area contributed by atoms with Gasteiger partial charge in [-0.2, -0.15) is 5.10 Å². The van der Waals surface area contributed by atoms with Crippen molar-refractivity contribution in [1.29, 1.82) is 0 Å². The largest absolute Gasteiger partial charge is 0.481 e. The van der Waals surface area contributed by atoms with Gasteiger partial charge in [0.05, 0.1) is 53.4 Å². The van der Waals surface area contributed by atoms with Crippen LogP contribution in [-0.2, 0) is 9.53 Å². The molecule has 10 nitrogen and oxygen atoms in total. The van der Waals surface area contributed by atoms with Crippen molar-refractivity contribution >= 4 is 40.2 Å². The molecule has 3 N–H and O–H groups in total. The first-order valence-electron chi connectivity index (χ1n) is 12.5. The number of hydrogen-bond donors (Lipinski definition) is 2. The summed E-state index contributed by atoms with van der Waals surface area (Å²) < 4.78 is 12.2. The molecular formula is C28H30ClN7O3. The third kappa shape index (κ3) is 5.52. The summed E-state index contributed by atoms with van der Waals surface area (Å²) in [6, 6.07) is 11.0. The number of likely N-dealkylation sites (tertiary alicyclic amines) is 1. The van der Waals surface area contributed by atoms with Crippen molar-refractivity contribution in [3.63, 3.8) is 0 Å². The van der Waals surface area contributed by atoms with Gasteiger partial charge in [0.1, 0.15) is 5.84 Å². The number of nitrogens with zero attached hydrogens (tertiary/aromatic N) is 5. The first-order chi connectivity index (χ1) is 18.9. The van der Waals surface area contributed by atoms with Gasteiger partial charge in [-0.3, -0.25) is 4.79 Å². The van der Waals surface area contributed by atoms with E-state index in [9.17, 15) is 4.79 Å². The van der Waals surface area contributed by atoms with Crippen LogP contribution in [0.1, 0.15) is 17.5 Å². The number of nitrogens with two attached hydrogens (primary N) is 1. The SMILES string of the molecule is COCCN1CC(Nc2c(C(N)=Nc3ccccc3Cl)cnn3cc(-c4cnc(OC)cc4C)cc23)CC1=O. The molecule has 0 spiro atoms. The first kappa shape index (κ1) is 26.5. The van der Waals surface area contributed by atoms with E-state index in [2.05, 4.69) is 20.4 Å². The van der Waals surface area contributed by atoms with Gasteiger partial charge >= 0.3 is 0 Å². The molecule has 0 bridgehead atoms. The van der Waals surface area contributed by atoms with Crippen LogP contribution in [-0.4, -0.2) is 71.2 Å². The van der Waals surface area contributed by atoms with Gasteiger partial charge in [0.15, 0.2) is 0 Å². The van der Waals surface area contributed by atoms with Crippen molar-refractivity contribution < 1.29 is 14.3 Å². The number of amidine groups is 1. The Hall–Kier alpha value is -4.15. The number of para-hydroxylation sites is 1. The molecule has 1 aliphatic heterocycles. The summed E-state index contributed by atoms with van der Waals surface area (Å²) in [6.45, 7) is 3.58. The number of methoxy groups -OCH3 is 2. The number of aryl methyl sites for hydroxylation is 1. The number of aromatic nitrogens is 3. The van der Waals surface area contributed by atoms with E-state index in [0.29, 0.717) is 48.3 Å². The lowest BCUT2D eigenvalue weighted by atomic mass is 10.1. The molecule has 1 fully saturated rings. The average Bonchev–Trinajstić information content (AvgIpc) is 3.51. The van der Waals surface area contributed by atoms with Gasteiger partial charge in [-0.05, 0) is 30.7 Å². The molecular weight excluding hydrogens is 518 g/mol.